The third-order valence-corrected chi connectivity index (χ3v) is 5.98. The standard InChI is InChI=1S/C25H30N4O4/c1-17(2)14-20(28-10-12-33-13-11-28)16-26-23(30)18-8-9-21-22(15-18)27-25(32)29(24(21)31)19-6-4-3-5-7-19/h3-9,15,17,20H,10-14,16H2,1-2H3,(H,26,30)(H,27,32). The molecule has 2 N–H and O–H groups in total. The molecule has 1 aliphatic heterocycles. The Balaban J connectivity index is 1.55. The number of para-hydroxylation sites is 1. The highest BCUT2D eigenvalue weighted by molar-refractivity contribution is 5.97. The second-order valence-electron chi connectivity index (χ2n) is 8.81. The lowest BCUT2D eigenvalue weighted by Crippen LogP contribution is -2.49. The first-order valence-electron chi connectivity index (χ1n) is 11.4. The predicted octanol–water partition coefficient (Wildman–Crippen LogP) is 2.16. The molecule has 0 aliphatic carbocycles. The third-order valence-electron chi connectivity index (χ3n) is 5.98. The van der Waals surface area contributed by atoms with E-state index in [-0.39, 0.29) is 11.9 Å². The van der Waals surface area contributed by atoms with Crippen molar-refractivity contribution >= 4 is 16.8 Å². The van der Waals surface area contributed by atoms with Crippen LogP contribution in [-0.2, 0) is 4.74 Å². The van der Waals surface area contributed by atoms with Crippen molar-refractivity contribution in [1.29, 1.82) is 0 Å². The van der Waals surface area contributed by atoms with E-state index in [0.29, 0.717) is 47.8 Å². The lowest BCUT2D eigenvalue weighted by molar-refractivity contribution is 0.0124. The van der Waals surface area contributed by atoms with Gasteiger partial charge in [0.25, 0.3) is 11.5 Å². The summed E-state index contributed by atoms with van der Waals surface area (Å²) in [7, 11) is 0. The van der Waals surface area contributed by atoms with Crippen LogP contribution < -0.4 is 16.6 Å². The molecule has 1 aromatic heterocycles. The van der Waals surface area contributed by atoms with Gasteiger partial charge < -0.3 is 15.0 Å². The Morgan fingerprint density at radius 1 is 1.09 bits per heavy atom. The molecule has 2 heterocycles. The van der Waals surface area contributed by atoms with Gasteiger partial charge in [0.2, 0.25) is 0 Å². The summed E-state index contributed by atoms with van der Waals surface area (Å²) in [5.41, 5.74) is 0.278. The van der Waals surface area contributed by atoms with Crippen molar-refractivity contribution in [2.45, 2.75) is 26.3 Å². The number of hydrogen-bond donors (Lipinski definition) is 2. The fraction of sp³-hybridized carbons (Fsp3) is 0.400. The van der Waals surface area contributed by atoms with E-state index in [9.17, 15) is 14.4 Å². The maximum absolute atomic E-state index is 13.0. The number of carbonyl (C=O) groups excluding carboxylic acids is 1. The molecule has 1 unspecified atom stereocenters. The largest absolute Gasteiger partial charge is 0.379 e. The first-order valence-corrected chi connectivity index (χ1v) is 11.4. The summed E-state index contributed by atoms with van der Waals surface area (Å²) in [6.45, 7) is 8.02. The number of nitrogens with one attached hydrogen (secondary N) is 2. The molecule has 33 heavy (non-hydrogen) atoms. The molecule has 1 amide bonds. The van der Waals surface area contributed by atoms with Crippen LogP contribution in [0, 0.1) is 5.92 Å². The van der Waals surface area contributed by atoms with Gasteiger partial charge in [0.15, 0.2) is 0 Å². The van der Waals surface area contributed by atoms with E-state index in [0.717, 1.165) is 24.1 Å². The van der Waals surface area contributed by atoms with E-state index in [4.69, 9.17) is 4.74 Å². The first kappa shape index (κ1) is 22.9. The Hall–Kier alpha value is -3.23. The smallest absolute Gasteiger partial charge is 0.333 e. The number of nitrogens with zero attached hydrogens (tertiary/aromatic N) is 2. The van der Waals surface area contributed by atoms with Crippen LogP contribution in [0.5, 0.6) is 0 Å². The lowest BCUT2D eigenvalue weighted by Gasteiger charge is -2.35. The van der Waals surface area contributed by atoms with Crippen LogP contribution in [0.15, 0.2) is 58.1 Å². The summed E-state index contributed by atoms with van der Waals surface area (Å²) in [5, 5.41) is 3.38. The minimum atomic E-state index is -0.541. The zero-order valence-corrected chi connectivity index (χ0v) is 19.0. The number of amides is 1. The Labute approximate surface area is 192 Å². The number of benzene rings is 2. The number of H-pyrrole nitrogens is 1. The molecule has 1 atom stereocenters. The summed E-state index contributed by atoms with van der Waals surface area (Å²) in [4.78, 5) is 43.6. The van der Waals surface area contributed by atoms with Gasteiger partial charge in [0.05, 0.1) is 29.8 Å². The van der Waals surface area contributed by atoms with Gasteiger partial charge in [-0.2, -0.15) is 0 Å². The molecule has 3 aromatic rings. The fourth-order valence-corrected chi connectivity index (χ4v) is 4.33. The van der Waals surface area contributed by atoms with Gasteiger partial charge >= 0.3 is 5.69 Å². The molecular formula is C25H30N4O4. The van der Waals surface area contributed by atoms with Crippen molar-refractivity contribution in [3.05, 3.63) is 74.9 Å². The van der Waals surface area contributed by atoms with E-state index in [1.54, 1.807) is 42.5 Å². The number of morpholine rings is 1. The van der Waals surface area contributed by atoms with Crippen LogP contribution in [0.2, 0.25) is 0 Å². The highest BCUT2D eigenvalue weighted by atomic mass is 16.5. The van der Waals surface area contributed by atoms with Gasteiger partial charge in [0, 0.05) is 31.2 Å². The van der Waals surface area contributed by atoms with Crippen molar-refractivity contribution in [3.8, 4) is 5.69 Å². The van der Waals surface area contributed by atoms with Crippen molar-refractivity contribution in [1.82, 2.24) is 19.8 Å². The number of carbonyl (C=O) groups is 1. The average Bonchev–Trinajstić information content (AvgIpc) is 2.82. The number of ether oxygens (including phenoxy) is 1. The van der Waals surface area contributed by atoms with Gasteiger partial charge in [-0.3, -0.25) is 14.5 Å². The van der Waals surface area contributed by atoms with Crippen LogP contribution in [0.1, 0.15) is 30.6 Å². The molecule has 8 heteroatoms. The summed E-state index contributed by atoms with van der Waals surface area (Å²) in [6.07, 6.45) is 0.977. The quantitative estimate of drug-likeness (QED) is 0.575. The van der Waals surface area contributed by atoms with Crippen LogP contribution in [0.3, 0.4) is 0 Å². The molecule has 0 bridgehead atoms. The molecule has 0 saturated carbocycles. The number of aromatic amines is 1. The second kappa shape index (κ2) is 10.1. The number of hydrogen-bond acceptors (Lipinski definition) is 5. The normalized spacial score (nSPS) is 15.6. The Morgan fingerprint density at radius 3 is 2.52 bits per heavy atom. The summed E-state index contributed by atoms with van der Waals surface area (Å²) in [5.74, 6) is 0.277. The molecule has 174 valence electrons. The summed E-state index contributed by atoms with van der Waals surface area (Å²) in [6, 6.07) is 13.8. The Bertz CT molecular complexity index is 1230. The van der Waals surface area contributed by atoms with Crippen LogP contribution in [0.25, 0.3) is 16.6 Å². The van der Waals surface area contributed by atoms with E-state index in [2.05, 4.69) is 29.0 Å². The average molecular weight is 451 g/mol. The zero-order chi connectivity index (χ0) is 23.4. The third kappa shape index (κ3) is 5.23. The van der Waals surface area contributed by atoms with Gasteiger partial charge in [-0.1, -0.05) is 32.0 Å². The summed E-state index contributed by atoms with van der Waals surface area (Å²) >= 11 is 0. The SMILES string of the molecule is CC(C)CC(CNC(=O)c1ccc2c(=O)n(-c3ccccc3)c(=O)[nH]c2c1)N1CCOCC1. The second-order valence-corrected chi connectivity index (χ2v) is 8.81. The lowest BCUT2D eigenvalue weighted by atomic mass is 10.0. The molecular weight excluding hydrogens is 420 g/mol. The Kier molecular flexibility index (Phi) is 7.05. The monoisotopic (exact) mass is 450 g/mol. The zero-order valence-electron chi connectivity index (χ0n) is 19.0. The van der Waals surface area contributed by atoms with Gasteiger partial charge in [0.1, 0.15) is 0 Å². The number of aromatic nitrogens is 2. The van der Waals surface area contributed by atoms with Crippen LogP contribution in [0.4, 0.5) is 0 Å². The number of rotatable bonds is 7. The highest BCUT2D eigenvalue weighted by Crippen LogP contribution is 2.14. The molecule has 1 saturated heterocycles. The van der Waals surface area contributed by atoms with Crippen LogP contribution in [-0.4, -0.2) is 59.2 Å². The number of fused-ring (bicyclic) bond motifs is 1. The first-order chi connectivity index (χ1) is 15.9. The van der Waals surface area contributed by atoms with Crippen molar-refractivity contribution in [2.75, 3.05) is 32.8 Å². The highest BCUT2D eigenvalue weighted by Gasteiger charge is 2.23. The maximum Gasteiger partial charge on any atom is 0.333 e. The van der Waals surface area contributed by atoms with Crippen LogP contribution >= 0.6 is 0 Å². The van der Waals surface area contributed by atoms with Gasteiger partial charge in [-0.05, 0) is 42.7 Å². The summed E-state index contributed by atoms with van der Waals surface area (Å²) < 4.78 is 6.56. The van der Waals surface area contributed by atoms with E-state index >= 15 is 0 Å². The van der Waals surface area contributed by atoms with Crippen molar-refractivity contribution in [2.24, 2.45) is 5.92 Å². The molecule has 4 rings (SSSR count). The van der Waals surface area contributed by atoms with Crippen molar-refractivity contribution in [3.63, 3.8) is 0 Å². The minimum absolute atomic E-state index is 0.230. The van der Waals surface area contributed by atoms with E-state index in [1.165, 1.54) is 0 Å². The topological polar surface area (TPSA) is 96.4 Å². The molecule has 1 fully saturated rings. The molecule has 0 spiro atoms. The van der Waals surface area contributed by atoms with Gasteiger partial charge in [-0.25, -0.2) is 9.36 Å². The predicted molar refractivity (Wildman–Crippen MR) is 128 cm³/mol. The molecule has 1 aliphatic rings. The van der Waals surface area contributed by atoms with Crippen molar-refractivity contribution < 1.29 is 9.53 Å². The van der Waals surface area contributed by atoms with E-state index < -0.39 is 11.2 Å². The maximum atomic E-state index is 13.0. The molecule has 2 aromatic carbocycles. The molecule has 0 radical (unpaired) electrons. The van der Waals surface area contributed by atoms with Gasteiger partial charge in [-0.15, -0.1) is 0 Å². The van der Waals surface area contributed by atoms with E-state index in [1.807, 2.05) is 6.07 Å². The molecule has 8 nitrogen and oxygen atoms in total. The fourth-order valence-electron chi connectivity index (χ4n) is 4.33. The Morgan fingerprint density at radius 2 is 1.82 bits per heavy atom. The minimum Gasteiger partial charge on any atom is -0.379 e.